The molecule has 1 saturated carbocycles. The van der Waals surface area contributed by atoms with Crippen molar-refractivity contribution in [3.8, 4) is 0 Å². The highest BCUT2D eigenvalue weighted by atomic mass is 79.9. The average molecular weight is 338 g/mol. The molecule has 0 bridgehead atoms. The van der Waals surface area contributed by atoms with Crippen LogP contribution in [0, 0.1) is 11.3 Å². The molecule has 2 nitrogen and oxygen atoms in total. The summed E-state index contributed by atoms with van der Waals surface area (Å²) in [6.07, 6.45) is 2.96. The summed E-state index contributed by atoms with van der Waals surface area (Å²) in [6, 6.07) is 9.57. The Balaban J connectivity index is 1.69. The van der Waals surface area contributed by atoms with Gasteiger partial charge in [-0.2, -0.15) is 0 Å². The van der Waals surface area contributed by atoms with E-state index in [4.69, 9.17) is 4.74 Å². The molecule has 1 saturated heterocycles. The third-order valence-electron chi connectivity index (χ3n) is 5.13. The van der Waals surface area contributed by atoms with Crippen LogP contribution in [0.1, 0.15) is 45.2 Å². The second kappa shape index (κ2) is 5.43. The summed E-state index contributed by atoms with van der Waals surface area (Å²) in [6.45, 7) is 7.88. The summed E-state index contributed by atoms with van der Waals surface area (Å²) in [4.78, 5) is 0. The summed E-state index contributed by atoms with van der Waals surface area (Å²) in [7, 11) is 0. The number of rotatable bonds is 3. The van der Waals surface area contributed by atoms with Gasteiger partial charge in [0.2, 0.25) is 0 Å². The lowest BCUT2D eigenvalue weighted by molar-refractivity contribution is -0.194. The zero-order valence-corrected chi connectivity index (χ0v) is 14.1. The first-order valence-corrected chi connectivity index (χ1v) is 8.42. The van der Waals surface area contributed by atoms with Gasteiger partial charge in [0.25, 0.3) is 0 Å². The van der Waals surface area contributed by atoms with E-state index in [1.807, 2.05) is 0 Å². The van der Waals surface area contributed by atoms with Crippen LogP contribution in [0.4, 0.5) is 0 Å². The number of hydrogen-bond donors (Lipinski definition) is 1. The second-order valence-electron chi connectivity index (χ2n) is 6.84. The second-order valence-corrected chi connectivity index (χ2v) is 7.75. The fraction of sp³-hybridized carbons (Fsp3) is 0.647. The summed E-state index contributed by atoms with van der Waals surface area (Å²) < 4.78 is 7.12. The molecule has 0 aromatic heterocycles. The van der Waals surface area contributed by atoms with Gasteiger partial charge < -0.3 is 10.1 Å². The van der Waals surface area contributed by atoms with E-state index in [9.17, 15) is 0 Å². The smallest absolute Gasteiger partial charge is 0.0684 e. The van der Waals surface area contributed by atoms with Crippen LogP contribution < -0.4 is 5.32 Å². The predicted octanol–water partition coefficient (Wildman–Crippen LogP) is 4.30. The van der Waals surface area contributed by atoms with Gasteiger partial charge in [-0.05, 0) is 37.5 Å². The van der Waals surface area contributed by atoms with Crippen molar-refractivity contribution < 1.29 is 4.74 Å². The lowest BCUT2D eigenvalue weighted by Gasteiger charge is -2.60. The van der Waals surface area contributed by atoms with E-state index in [0.29, 0.717) is 24.1 Å². The van der Waals surface area contributed by atoms with Gasteiger partial charge >= 0.3 is 0 Å². The van der Waals surface area contributed by atoms with Crippen molar-refractivity contribution in [1.29, 1.82) is 0 Å². The molecule has 2 aliphatic rings. The van der Waals surface area contributed by atoms with E-state index in [1.54, 1.807) is 0 Å². The average Bonchev–Trinajstić information content (AvgIpc) is 2.45. The molecular weight excluding hydrogens is 314 g/mol. The minimum absolute atomic E-state index is 0.245. The number of nitrogens with one attached hydrogen (secondary N) is 1. The Labute approximate surface area is 130 Å². The molecule has 3 unspecified atom stereocenters. The van der Waals surface area contributed by atoms with Crippen LogP contribution >= 0.6 is 15.9 Å². The number of ether oxygens (including phenoxy) is 1. The zero-order valence-electron chi connectivity index (χ0n) is 12.5. The molecule has 0 radical (unpaired) electrons. The lowest BCUT2D eigenvalue weighted by atomic mass is 9.55. The highest BCUT2D eigenvalue weighted by Gasteiger charge is 2.57. The van der Waals surface area contributed by atoms with Gasteiger partial charge in [0.15, 0.2) is 0 Å². The summed E-state index contributed by atoms with van der Waals surface area (Å²) in [5.41, 5.74) is 1.60. The fourth-order valence-corrected chi connectivity index (χ4v) is 4.24. The van der Waals surface area contributed by atoms with Gasteiger partial charge in [-0.3, -0.25) is 0 Å². The molecule has 3 heteroatoms. The molecule has 1 aliphatic carbocycles. The van der Waals surface area contributed by atoms with Crippen molar-refractivity contribution in [3.05, 3.63) is 34.3 Å². The Kier molecular flexibility index (Phi) is 3.95. The van der Waals surface area contributed by atoms with Crippen molar-refractivity contribution in [1.82, 2.24) is 5.32 Å². The van der Waals surface area contributed by atoms with Gasteiger partial charge in [-0.25, -0.2) is 0 Å². The van der Waals surface area contributed by atoms with E-state index >= 15 is 0 Å². The molecule has 2 fully saturated rings. The van der Waals surface area contributed by atoms with Crippen molar-refractivity contribution >= 4 is 15.9 Å². The van der Waals surface area contributed by atoms with Crippen molar-refractivity contribution in [3.63, 3.8) is 0 Å². The van der Waals surface area contributed by atoms with Gasteiger partial charge in [0, 0.05) is 34.5 Å². The molecule has 1 aromatic carbocycles. The molecule has 0 spiro atoms. The van der Waals surface area contributed by atoms with E-state index in [0.717, 1.165) is 11.1 Å². The molecule has 1 aromatic rings. The Hall–Kier alpha value is -0.380. The number of benzene rings is 1. The SMILES string of the molecule is C[C@@H](NC1C2CCCOC2C1(C)C)c1ccc(Br)cc1. The van der Waals surface area contributed by atoms with Crippen LogP contribution in [-0.4, -0.2) is 18.8 Å². The first-order chi connectivity index (χ1) is 9.50. The Bertz CT molecular complexity index is 470. The predicted molar refractivity (Wildman–Crippen MR) is 85.7 cm³/mol. The molecule has 1 N–H and O–H groups in total. The van der Waals surface area contributed by atoms with Gasteiger partial charge in [0.1, 0.15) is 0 Å². The fourth-order valence-electron chi connectivity index (χ4n) is 3.98. The quantitative estimate of drug-likeness (QED) is 0.887. The molecule has 1 heterocycles. The molecule has 1 aliphatic heterocycles. The monoisotopic (exact) mass is 337 g/mol. The van der Waals surface area contributed by atoms with Gasteiger partial charge in [-0.1, -0.05) is 41.9 Å². The summed E-state index contributed by atoms with van der Waals surface area (Å²) in [5.74, 6) is 0.691. The molecular formula is C17H24BrNO. The van der Waals surface area contributed by atoms with Crippen molar-refractivity contribution in [2.75, 3.05) is 6.61 Å². The lowest BCUT2D eigenvalue weighted by Crippen LogP contribution is -2.69. The first kappa shape index (κ1) is 14.6. The number of halogens is 1. The first-order valence-electron chi connectivity index (χ1n) is 7.63. The maximum Gasteiger partial charge on any atom is 0.0684 e. The highest BCUT2D eigenvalue weighted by molar-refractivity contribution is 9.10. The van der Waals surface area contributed by atoms with Gasteiger partial charge in [0.05, 0.1) is 6.10 Å². The Morgan fingerprint density at radius 1 is 1.30 bits per heavy atom. The van der Waals surface area contributed by atoms with E-state index in [2.05, 4.69) is 66.3 Å². The molecule has 4 atom stereocenters. The normalized spacial score (nSPS) is 33.1. The Morgan fingerprint density at radius 3 is 2.70 bits per heavy atom. The standard InChI is InChI=1S/C17H24BrNO/c1-11(12-6-8-13(18)9-7-12)19-15-14-5-4-10-20-16(14)17(15,2)3/h6-9,11,14-16,19H,4-5,10H2,1-3H3/t11-,14?,15?,16?/m1/s1. The molecule has 20 heavy (non-hydrogen) atoms. The van der Waals surface area contributed by atoms with Crippen LogP contribution in [-0.2, 0) is 4.74 Å². The summed E-state index contributed by atoms with van der Waals surface area (Å²) in [5, 5.41) is 3.85. The van der Waals surface area contributed by atoms with E-state index in [-0.39, 0.29) is 5.41 Å². The maximum atomic E-state index is 5.98. The van der Waals surface area contributed by atoms with Gasteiger partial charge in [-0.15, -0.1) is 0 Å². The number of fused-ring (bicyclic) bond motifs is 1. The minimum Gasteiger partial charge on any atom is -0.377 e. The third-order valence-corrected chi connectivity index (χ3v) is 5.66. The molecule has 3 rings (SSSR count). The Morgan fingerprint density at radius 2 is 2.00 bits per heavy atom. The van der Waals surface area contributed by atoms with Crippen LogP contribution in [0.3, 0.4) is 0 Å². The van der Waals surface area contributed by atoms with Crippen LogP contribution in [0.5, 0.6) is 0 Å². The van der Waals surface area contributed by atoms with Crippen molar-refractivity contribution in [2.45, 2.75) is 51.8 Å². The summed E-state index contributed by atoms with van der Waals surface area (Å²) >= 11 is 3.50. The largest absolute Gasteiger partial charge is 0.377 e. The van der Waals surface area contributed by atoms with Crippen LogP contribution in [0.15, 0.2) is 28.7 Å². The van der Waals surface area contributed by atoms with Crippen LogP contribution in [0.2, 0.25) is 0 Å². The zero-order chi connectivity index (χ0) is 14.3. The maximum absolute atomic E-state index is 5.98. The van der Waals surface area contributed by atoms with E-state index in [1.165, 1.54) is 18.4 Å². The molecule has 110 valence electrons. The topological polar surface area (TPSA) is 21.3 Å². The third kappa shape index (κ3) is 2.44. The van der Waals surface area contributed by atoms with Crippen molar-refractivity contribution in [2.24, 2.45) is 11.3 Å². The van der Waals surface area contributed by atoms with E-state index < -0.39 is 0 Å². The highest BCUT2D eigenvalue weighted by Crippen LogP contribution is 2.51. The minimum atomic E-state index is 0.245. The van der Waals surface area contributed by atoms with Crippen LogP contribution in [0.25, 0.3) is 0 Å². The molecule has 0 amide bonds. The number of hydrogen-bond acceptors (Lipinski definition) is 2.